The summed E-state index contributed by atoms with van der Waals surface area (Å²) >= 11 is 0. The van der Waals surface area contributed by atoms with Crippen LogP contribution in [0, 0.1) is 31.6 Å². The van der Waals surface area contributed by atoms with Crippen LogP contribution >= 0.6 is 0 Å². The summed E-state index contributed by atoms with van der Waals surface area (Å²) in [4.78, 5) is 12.5. The van der Waals surface area contributed by atoms with Gasteiger partial charge in [-0.2, -0.15) is 0 Å². The van der Waals surface area contributed by atoms with Gasteiger partial charge in [-0.1, -0.05) is 51.0 Å². The number of hydrogen-bond acceptors (Lipinski definition) is 3. The van der Waals surface area contributed by atoms with Crippen LogP contribution in [-0.4, -0.2) is 18.2 Å². The standard InChI is InChI=1S/C22H34O3/c1-14(2)20-10-8-16(4)12-21(20)25-22(23)18(6)24-13-19-9-7-15(3)11-17(19)5/h7,9,11,14,16,18,20-21H,8,10,12-13H2,1-6H3. The molecule has 4 unspecified atom stereocenters. The molecule has 0 N–H and O–H groups in total. The topological polar surface area (TPSA) is 35.5 Å². The largest absolute Gasteiger partial charge is 0.460 e. The molecular weight excluding hydrogens is 312 g/mol. The first-order valence-corrected chi connectivity index (χ1v) is 9.66. The van der Waals surface area contributed by atoms with Crippen LogP contribution in [0.2, 0.25) is 0 Å². The van der Waals surface area contributed by atoms with Crippen molar-refractivity contribution < 1.29 is 14.3 Å². The fourth-order valence-corrected chi connectivity index (χ4v) is 3.79. The lowest BCUT2D eigenvalue weighted by molar-refractivity contribution is -0.169. The molecule has 0 bridgehead atoms. The maximum atomic E-state index is 12.5. The van der Waals surface area contributed by atoms with Gasteiger partial charge >= 0.3 is 5.97 Å². The SMILES string of the molecule is Cc1ccc(COC(C)C(=O)OC2CC(C)CCC2C(C)C)c(C)c1. The van der Waals surface area contributed by atoms with Crippen LogP contribution in [0.4, 0.5) is 0 Å². The van der Waals surface area contributed by atoms with Crippen molar-refractivity contribution in [2.45, 2.75) is 79.6 Å². The molecule has 1 aliphatic carbocycles. The normalized spacial score (nSPS) is 25.0. The molecule has 25 heavy (non-hydrogen) atoms. The minimum atomic E-state index is -0.536. The highest BCUT2D eigenvalue weighted by Crippen LogP contribution is 2.35. The Morgan fingerprint density at radius 3 is 2.56 bits per heavy atom. The van der Waals surface area contributed by atoms with Gasteiger partial charge < -0.3 is 9.47 Å². The summed E-state index contributed by atoms with van der Waals surface area (Å²) in [5.74, 6) is 1.40. The molecule has 140 valence electrons. The van der Waals surface area contributed by atoms with Gasteiger partial charge in [0.25, 0.3) is 0 Å². The van der Waals surface area contributed by atoms with Gasteiger partial charge in [0, 0.05) is 0 Å². The molecule has 1 aromatic carbocycles. The van der Waals surface area contributed by atoms with E-state index in [0.29, 0.717) is 24.4 Å². The van der Waals surface area contributed by atoms with E-state index in [4.69, 9.17) is 9.47 Å². The highest BCUT2D eigenvalue weighted by molar-refractivity contribution is 5.74. The molecule has 0 amide bonds. The van der Waals surface area contributed by atoms with Crippen molar-refractivity contribution in [3.8, 4) is 0 Å². The van der Waals surface area contributed by atoms with Crippen LogP contribution in [0.3, 0.4) is 0 Å². The molecule has 1 aliphatic rings. The fourth-order valence-electron chi connectivity index (χ4n) is 3.79. The predicted octanol–water partition coefficient (Wildman–Crippen LogP) is 5.21. The molecule has 1 aromatic rings. The Kier molecular flexibility index (Phi) is 7.06. The van der Waals surface area contributed by atoms with Gasteiger partial charge in [0.05, 0.1) is 6.61 Å². The van der Waals surface area contributed by atoms with Crippen LogP contribution < -0.4 is 0 Å². The van der Waals surface area contributed by atoms with Crippen molar-refractivity contribution in [1.29, 1.82) is 0 Å². The van der Waals surface area contributed by atoms with Gasteiger partial charge in [0.2, 0.25) is 0 Å². The highest BCUT2D eigenvalue weighted by atomic mass is 16.6. The van der Waals surface area contributed by atoms with Gasteiger partial charge in [-0.05, 0) is 62.5 Å². The van der Waals surface area contributed by atoms with Crippen LogP contribution in [0.25, 0.3) is 0 Å². The monoisotopic (exact) mass is 346 g/mol. The summed E-state index contributed by atoms with van der Waals surface area (Å²) in [7, 11) is 0. The molecule has 0 spiro atoms. The number of carbonyl (C=O) groups is 1. The number of ether oxygens (including phenoxy) is 2. The Morgan fingerprint density at radius 2 is 1.92 bits per heavy atom. The highest BCUT2D eigenvalue weighted by Gasteiger charge is 2.34. The molecule has 4 atom stereocenters. The summed E-state index contributed by atoms with van der Waals surface area (Å²) in [5.41, 5.74) is 3.55. The van der Waals surface area contributed by atoms with E-state index in [1.807, 2.05) is 0 Å². The average Bonchev–Trinajstić information content (AvgIpc) is 2.53. The van der Waals surface area contributed by atoms with Crippen molar-refractivity contribution in [3.63, 3.8) is 0 Å². The van der Waals surface area contributed by atoms with E-state index in [2.05, 4.69) is 52.8 Å². The van der Waals surface area contributed by atoms with E-state index < -0.39 is 6.10 Å². The third-order valence-corrected chi connectivity index (χ3v) is 5.55. The van der Waals surface area contributed by atoms with Gasteiger partial charge in [-0.15, -0.1) is 0 Å². The van der Waals surface area contributed by atoms with Crippen molar-refractivity contribution >= 4 is 5.97 Å². The molecular formula is C22H34O3. The van der Waals surface area contributed by atoms with Crippen molar-refractivity contribution in [1.82, 2.24) is 0 Å². The Bertz CT molecular complexity index is 579. The summed E-state index contributed by atoms with van der Waals surface area (Å²) in [6.45, 7) is 13.1. The molecule has 1 saturated carbocycles. The number of esters is 1. The third kappa shape index (κ3) is 5.57. The maximum Gasteiger partial charge on any atom is 0.335 e. The second kappa shape index (κ2) is 8.84. The number of rotatable bonds is 6. The smallest absolute Gasteiger partial charge is 0.335 e. The molecule has 3 heteroatoms. The fraction of sp³-hybridized carbons (Fsp3) is 0.682. The summed E-state index contributed by atoms with van der Waals surface area (Å²) in [5, 5.41) is 0. The first-order chi connectivity index (χ1) is 11.8. The van der Waals surface area contributed by atoms with E-state index in [1.54, 1.807) is 6.92 Å². The zero-order valence-electron chi connectivity index (χ0n) is 16.7. The van der Waals surface area contributed by atoms with E-state index in [9.17, 15) is 4.79 Å². The Labute approximate surface area is 153 Å². The molecule has 0 aliphatic heterocycles. The van der Waals surface area contributed by atoms with Crippen LogP contribution in [0.15, 0.2) is 18.2 Å². The third-order valence-electron chi connectivity index (χ3n) is 5.55. The first-order valence-electron chi connectivity index (χ1n) is 9.66. The van der Waals surface area contributed by atoms with E-state index in [1.165, 1.54) is 17.5 Å². The summed E-state index contributed by atoms with van der Waals surface area (Å²) in [6, 6.07) is 6.28. The number of hydrogen-bond donors (Lipinski definition) is 0. The van der Waals surface area contributed by atoms with Crippen molar-refractivity contribution in [3.05, 3.63) is 34.9 Å². The number of benzene rings is 1. The van der Waals surface area contributed by atoms with Crippen molar-refractivity contribution in [2.24, 2.45) is 17.8 Å². The van der Waals surface area contributed by atoms with Crippen LogP contribution in [-0.2, 0) is 20.9 Å². The molecule has 1 fully saturated rings. The predicted molar refractivity (Wildman–Crippen MR) is 101 cm³/mol. The van der Waals surface area contributed by atoms with Gasteiger partial charge in [0.15, 0.2) is 6.10 Å². The zero-order chi connectivity index (χ0) is 18.6. The maximum absolute atomic E-state index is 12.5. The molecule has 0 radical (unpaired) electrons. The minimum absolute atomic E-state index is 0.0309. The average molecular weight is 347 g/mol. The number of aryl methyl sites for hydroxylation is 2. The Hall–Kier alpha value is -1.35. The van der Waals surface area contributed by atoms with Crippen LogP contribution in [0.5, 0.6) is 0 Å². The van der Waals surface area contributed by atoms with Crippen LogP contribution in [0.1, 0.15) is 63.6 Å². The lowest BCUT2D eigenvalue weighted by Crippen LogP contribution is -2.38. The van der Waals surface area contributed by atoms with Gasteiger partial charge in [0.1, 0.15) is 6.10 Å². The van der Waals surface area contributed by atoms with Gasteiger partial charge in [-0.3, -0.25) is 0 Å². The Balaban J connectivity index is 1.90. The Morgan fingerprint density at radius 1 is 1.20 bits per heavy atom. The quantitative estimate of drug-likeness (QED) is 0.663. The first kappa shape index (κ1) is 20.0. The second-order valence-corrected chi connectivity index (χ2v) is 8.18. The summed E-state index contributed by atoms with van der Waals surface area (Å²) < 4.78 is 11.7. The molecule has 3 nitrogen and oxygen atoms in total. The molecule has 0 saturated heterocycles. The molecule has 0 heterocycles. The van der Waals surface area contributed by atoms with E-state index in [-0.39, 0.29) is 12.1 Å². The van der Waals surface area contributed by atoms with Gasteiger partial charge in [-0.25, -0.2) is 4.79 Å². The lowest BCUT2D eigenvalue weighted by Gasteiger charge is -2.37. The van der Waals surface area contributed by atoms with Crippen molar-refractivity contribution in [2.75, 3.05) is 0 Å². The number of carbonyl (C=O) groups excluding carboxylic acids is 1. The second-order valence-electron chi connectivity index (χ2n) is 8.18. The lowest BCUT2D eigenvalue weighted by atomic mass is 9.75. The zero-order valence-corrected chi connectivity index (χ0v) is 16.7. The molecule has 2 rings (SSSR count). The summed E-state index contributed by atoms with van der Waals surface area (Å²) in [6.07, 6.45) is 2.84. The minimum Gasteiger partial charge on any atom is -0.460 e. The molecule has 0 aromatic heterocycles. The van der Waals surface area contributed by atoms with E-state index in [0.717, 1.165) is 18.4 Å². The van der Waals surface area contributed by atoms with E-state index >= 15 is 0 Å².